The van der Waals surface area contributed by atoms with Gasteiger partial charge in [-0.2, -0.15) is 0 Å². The number of hydrogen-bond acceptors (Lipinski definition) is 11. The molecule has 0 aromatic heterocycles. The second-order valence-corrected chi connectivity index (χ2v) is 17.0. The minimum atomic E-state index is -1.34. The van der Waals surface area contributed by atoms with Gasteiger partial charge in [-0.1, -0.05) is 62.8 Å². The number of unbranched alkanes of at least 4 members (excludes halogenated alkanes) is 2. The minimum absolute atomic E-state index is 0.0285. The largest absolute Gasteiger partial charge is 0.497 e. The second-order valence-electron chi connectivity index (χ2n) is 17.0. The topological polar surface area (TPSA) is 158 Å². The van der Waals surface area contributed by atoms with Crippen LogP contribution < -0.4 is 24.3 Å². The summed E-state index contributed by atoms with van der Waals surface area (Å²) in [7, 11) is 3.08. The zero-order valence-corrected chi connectivity index (χ0v) is 37.3. The van der Waals surface area contributed by atoms with Gasteiger partial charge in [0.05, 0.1) is 38.1 Å². The lowest BCUT2D eigenvalue weighted by molar-refractivity contribution is -0.257. The van der Waals surface area contributed by atoms with E-state index in [-0.39, 0.29) is 43.5 Å². The molecule has 0 unspecified atom stereocenters. The van der Waals surface area contributed by atoms with E-state index in [0.717, 1.165) is 55.4 Å². The van der Waals surface area contributed by atoms with Gasteiger partial charge in [0.2, 0.25) is 11.7 Å². The van der Waals surface area contributed by atoms with Gasteiger partial charge in [0.1, 0.15) is 35.6 Å². The number of oxime groups is 1. The van der Waals surface area contributed by atoms with E-state index in [4.69, 9.17) is 33.7 Å². The number of ether oxygens (including phenoxy) is 5. The number of aliphatic hydroxyl groups excluding tert-OH is 2. The highest BCUT2D eigenvalue weighted by atomic mass is 16.7. The van der Waals surface area contributed by atoms with Crippen molar-refractivity contribution < 1.29 is 48.3 Å². The molecule has 0 bridgehead atoms. The van der Waals surface area contributed by atoms with Crippen LogP contribution in [0.2, 0.25) is 0 Å². The van der Waals surface area contributed by atoms with Crippen LogP contribution in [-0.4, -0.2) is 91.8 Å². The van der Waals surface area contributed by atoms with Crippen molar-refractivity contribution in [2.24, 2.45) is 28.8 Å². The Labute approximate surface area is 367 Å². The van der Waals surface area contributed by atoms with Crippen LogP contribution in [-0.2, 0) is 14.4 Å². The van der Waals surface area contributed by atoms with Crippen LogP contribution in [0.3, 0.4) is 0 Å². The van der Waals surface area contributed by atoms with Crippen molar-refractivity contribution >= 4 is 23.4 Å². The summed E-state index contributed by atoms with van der Waals surface area (Å²) in [6.45, 7) is 9.31. The Balaban J connectivity index is 1.49. The number of carbonyl (C=O) groups is 2. The fourth-order valence-electron chi connectivity index (χ4n) is 10.5. The van der Waals surface area contributed by atoms with Crippen LogP contribution in [0.15, 0.2) is 65.9 Å². The van der Waals surface area contributed by atoms with Gasteiger partial charge in [-0.15, -0.1) is 6.58 Å². The lowest BCUT2D eigenvalue weighted by Gasteiger charge is -2.60. The van der Waals surface area contributed by atoms with Crippen molar-refractivity contribution in [1.82, 2.24) is 4.90 Å². The Morgan fingerprint density at radius 2 is 1.74 bits per heavy atom. The summed E-state index contributed by atoms with van der Waals surface area (Å²) in [5.74, 6) is 0.618. The summed E-state index contributed by atoms with van der Waals surface area (Å²) in [4.78, 5) is 36.1. The Bertz CT molecular complexity index is 1880. The van der Waals surface area contributed by atoms with Crippen molar-refractivity contribution in [1.29, 1.82) is 0 Å². The molecule has 13 nitrogen and oxygen atoms in total. The van der Waals surface area contributed by atoms with E-state index in [1.807, 2.05) is 24.0 Å². The molecule has 6 atom stereocenters. The average Bonchev–Trinajstić information content (AvgIpc) is 3.81. The highest BCUT2D eigenvalue weighted by molar-refractivity contribution is 6.03. The molecule has 0 radical (unpaired) electrons. The normalized spacial score (nSPS) is 24.6. The number of hydrogen-bond donors (Lipinski definition) is 3. The predicted molar refractivity (Wildman–Crippen MR) is 239 cm³/mol. The van der Waals surface area contributed by atoms with Crippen LogP contribution in [0.5, 0.6) is 23.0 Å². The number of amides is 2. The van der Waals surface area contributed by atoms with Crippen molar-refractivity contribution in [3.8, 4) is 23.0 Å². The Kier molecular flexibility index (Phi) is 17.1. The van der Waals surface area contributed by atoms with E-state index in [0.29, 0.717) is 73.4 Å². The maximum Gasteiger partial charge on any atom is 0.417 e. The van der Waals surface area contributed by atoms with Crippen LogP contribution in [0, 0.1) is 23.7 Å². The van der Waals surface area contributed by atoms with E-state index in [9.17, 15) is 19.8 Å². The van der Waals surface area contributed by atoms with Gasteiger partial charge in [-0.3, -0.25) is 10.1 Å². The molecule has 2 aromatic carbocycles. The first-order valence-electron chi connectivity index (χ1n) is 23.0. The second kappa shape index (κ2) is 22.7. The summed E-state index contributed by atoms with van der Waals surface area (Å²) in [5, 5.41) is 27.5. The van der Waals surface area contributed by atoms with Crippen LogP contribution in [0.25, 0.3) is 0 Å². The molecule has 2 amide bonds. The summed E-state index contributed by atoms with van der Waals surface area (Å²) in [6.07, 6.45) is 15.1. The van der Waals surface area contributed by atoms with Gasteiger partial charge in [0.25, 0.3) is 0 Å². The van der Waals surface area contributed by atoms with Gasteiger partial charge in [0, 0.05) is 50.1 Å². The monoisotopic (exact) mass is 859 g/mol. The number of anilines is 1. The highest BCUT2D eigenvalue weighted by Crippen LogP contribution is 2.62. The number of fused-ring (bicyclic) bond motifs is 2. The quantitative estimate of drug-likeness (QED) is 0.0559. The predicted octanol–water partition coefficient (Wildman–Crippen LogP) is 9.18. The number of benzene rings is 2. The molecule has 3 aliphatic carbocycles. The molecule has 2 aromatic rings. The zero-order valence-electron chi connectivity index (χ0n) is 37.3. The molecule has 1 aliphatic heterocycles. The molecule has 4 aliphatic rings. The van der Waals surface area contributed by atoms with E-state index in [1.54, 1.807) is 37.5 Å². The number of nitrogens with zero attached hydrogens (tertiary/aromatic N) is 2. The molecular formula is C49H69N3O10. The van der Waals surface area contributed by atoms with Gasteiger partial charge < -0.3 is 43.6 Å². The Morgan fingerprint density at radius 3 is 2.44 bits per heavy atom. The number of allylic oxidation sites excluding steroid dienone is 1. The lowest BCUT2D eigenvalue weighted by Crippen LogP contribution is -2.70. The molecule has 1 heterocycles. The highest BCUT2D eigenvalue weighted by Gasteiger charge is 2.65. The first-order valence-corrected chi connectivity index (χ1v) is 23.0. The standard InChI is InChI=1S/C49H69N3O10/c1-6-25-52(45(55)24-19-33-15-9-10-16-33)44-32-41(51-60-8-3)38-29-34(17-11-13-26-53)37(18-12-14-27-54)46-39-30-36(21-23-42(39)62-49(44,47(38)46)59-28-7-2)61-48(56)50-40-22-20-35(57-4)31-43(40)58-5/h7,20-23,29-31,33-34,37,44,46-47,53-54H,2,6,8-19,24-28,32H2,1,3-5H3,(H,50,56)/t34-,37+,44-,46+,47+,49+/m0/s1. The van der Waals surface area contributed by atoms with E-state index >= 15 is 0 Å². The molecular weight excluding hydrogens is 791 g/mol. The third-order valence-corrected chi connectivity index (χ3v) is 13.2. The number of carbonyl (C=O) groups excluding carboxylic acids is 2. The molecule has 0 spiro atoms. The van der Waals surface area contributed by atoms with Crippen LogP contribution in [0.1, 0.15) is 115 Å². The first-order chi connectivity index (χ1) is 30.2. The van der Waals surface area contributed by atoms with E-state index < -0.39 is 23.8 Å². The third kappa shape index (κ3) is 10.6. The van der Waals surface area contributed by atoms with E-state index in [2.05, 4.69) is 24.9 Å². The summed E-state index contributed by atoms with van der Waals surface area (Å²) >= 11 is 0. The smallest absolute Gasteiger partial charge is 0.417 e. The molecule has 340 valence electrons. The first kappa shape index (κ1) is 46.9. The third-order valence-electron chi connectivity index (χ3n) is 13.2. The Hall–Kier alpha value is -4.59. The molecule has 62 heavy (non-hydrogen) atoms. The van der Waals surface area contributed by atoms with Gasteiger partial charge >= 0.3 is 6.09 Å². The fraction of sp³-hybridized carbons (Fsp3) is 0.612. The molecule has 13 heteroatoms. The number of rotatable bonds is 23. The molecule has 0 saturated heterocycles. The molecule has 3 N–H and O–H groups in total. The Morgan fingerprint density at radius 1 is 0.984 bits per heavy atom. The summed E-state index contributed by atoms with van der Waals surface area (Å²) in [6, 6.07) is 10.0. The van der Waals surface area contributed by atoms with Crippen molar-refractivity contribution in [2.75, 3.05) is 52.5 Å². The van der Waals surface area contributed by atoms with Crippen molar-refractivity contribution in [3.05, 3.63) is 66.3 Å². The molecule has 6 rings (SSSR count). The van der Waals surface area contributed by atoms with Gasteiger partial charge in [-0.25, -0.2) is 4.79 Å². The van der Waals surface area contributed by atoms with Gasteiger partial charge in [0.15, 0.2) is 0 Å². The van der Waals surface area contributed by atoms with E-state index in [1.165, 1.54) is 32.8 Å². The number of aliphatic hydroxyl groups is 2. The SMILES string of the molecule is C=CCO[C@@]12Oc3ccc(OC(=O)Nc4ccc(OC)cc4OC)cc3[C@H]3[C@H](CCCCO)[C@@H](CCCCO)C=C(C(=NOCC)C[C@@H]1N(CCC)C(=O)CCC1CCCC1)[C@H]32. The maximum atomic E-state index is 14.7. The van der Waals surface area contributed by atoms with Crippen molar-refractivity contribution in [3.63, 3.8) is 0 Å². The molecule has 2 fully saturated rings. The zero-order chi connectivity index (χ0) is 44.1. The maximum absolute atomic E-state index is 14.7. The van der Waals surface area contributed by atoms with Crippen LogP contribution >= 0.6 is 0 Å². The summed E-state index contributed by atoms with van der Waals surface area (Å²) < 4.78 is 31.3. The number of methoxy groups -OCH3 is 2. The van der Waals surface area contributed by atoms with Gasteiger partial charge in [-0.05, 0) is 99.1 Å². The fourth-order valence-corrected chi connectivity index (χ4v) is 10.5. The molecule has 2 saturated carbocycles. The summed E-state index contributed by atoms with van der Waals surface area (Å²) in [5.41, 5.74) is 3.01. The minimum Gasteiger partial charge on any atom is -0.497 e. The van der Waals surface area contributed by atoms with Crippen LogP contribution in [0.4, 0.5) is 10.5 Å². The van der Waals surface area contributed by atoms with Crippen molar-refractivity contribution in [2.45, 2.75) is 121 Å². The average molecular weight is 860 g/mol. The number of nitrogens with one attached hydrogen (secondary N) is 1. The lowest BCUT2D eigenvalue weighted by atomic mass is 9.55.